The van der Waals surface area contributed by atoms with Gasteiger partial charge < -0.3 is 0 Å². The lowest BCUT2D eigenvalue weighted by molar-refractivity contribution is 0.602. The van der Waals surface area contributed by atoms with Crippen LogP contribution >= 0.6 is 11.6 Å². The first-order chi connectivity index (χ1) is 9.25. The van der Waals surface area contributed by atoms with Gasteiger partial charge in [-0.05, 0) is 23.7 Å². The molecule has 0 fully saturated rings. The summed E-state index contributed by atoms with van der Waals surface area (Å²) < 4.78 is 15.2. The lowest BCUT2D eigenvalue weighted by Gasteiger charge is -2.06. The Morgan fingerprint density at radius 2 is 2.11 bits per heavy atom. The molecule has 0 radical (unpaired) electrons. The molecule has 3 aromatic heterocycles. The minimum atomic E-state index is -0.604. The van der Waals surface area contributed by atoms with E-state index in [9.17, 15) is 4.39 Å². The SMILES string of the molecule is Fc1cnc(Cl)nc1-n1ccnc1-c1cccnn1. The van der Waals surface area contributed by atoms with Gasteiger partial charge in [-0.3, -0.25) is 4.57 Å². The van der Waals surface area contributed by atoms with E-state index in [1.807, 2.05) is 0 Å². The number of hydrogen-bond acceptors (Lipinski definition) is 5. The molecule has 0 bridgehead atoms. The van der Waals surface area contributed by atoms with E-state index < -0.39 is 5.82 Å². The fourth-order valence-electron chi connectivity index (χ4n) is 1.59. The molecule has 0 N–H and O–H groups in total. The molecule has 19 heavy (non-hydrogen) atoms. The molecule has 0 aliphatic rings. The van der Waals surface area contributed by atoms with Crippen molar-refractivity contribution >= 4 is 11.6 Å². The van der Waals surface area contributed by atoms with E-state index in [0.29, 0.717) is 11.5 Å². The van der Waals surface area contributed by atoms with Gasteiger partial charge >= 0.3 is 0 Å². The van der Waals surface area contributed by atoms with Gasteiger partial charge in [-0.1, -0.05) is 0 Å². The third-order valence-electron chi connectivity index (χ3n) is 2.37. The summed E-state index contributed by atoms with van der Waals surface area (Å²) in [5, 5.41) is 7.64. The van der Waals surface area contributed by atoms with Gasteiger partial charge in [0.2, 0.25) is 5.28 Å². The summed E-state index contributed by atoms with van der Waals surface area (Å²) in [4.78, 5) is 11.5. The van der Waals surface area contributed by atoms with Crippen molar-refractivity contribution in [3.05, 3.63) is 48.0 Å². The summed E-state index contributed by atoms with van der Waals surface area (Å²) in [5.41, 5.74) is 0.502. The Kier molecular flexibility index (Phi) is 2.88. The van der Waals surface area contributed by atoms with Gasteiger partial charge in [-0.15, -0.1) is 5.10 Å². The smallest absolute Gasteiger partial charge is 0.224 e. The molecular formula is C11H6ClFN6. The molecule has 0 unspecified atom stereocenters. The van der Waals surface area contributed by atoms with Crippen LogP contribution in [-0.4, -0.2) is 29.7 Å². The van der Waals surface area contributed by atoms with E-state index >= 15 is 0 Å². The topological polar surface area (TPSA) is 69.4 Å². The second-order valence-corrected chi connectivity index (χ2v) is 3.88. The van der Waals surface area contributed by atoms with Crippen LogP contribution in [0.4, 0.5) is 4.39 Å². The average molecular weight is 277 g/mol. The van der Waals surface area contributed by atoms with Crippen molar-refractivity contribution < 1.29 is 4.39 Å². The van der Waals surface area contributed by atoms with Crippen molar-refractivity contribution in [1.29, 1.82) is 0 Å². The fourth-order valence-corrected chi connectivity index (χ4v) is 1.72. The number of imidazole rings is 1. The van der Waals surface area contributed by atoms with E-state index in [4.69, 9.17) is 11.6 Å². The molecule has 0 saturated carbocycles. The van der Waals surface area contributed by atoms with E-state index in [-0.39, 0.29) is 11.1 Å². The first-order valence-electron chi connectivity index (χ1n) is 5.25. The molecule has 3 rings (SSSR count). The minimum Gasteiger partial charge on any atom is -0.280 e. The van der Waals surface area contributed by atoms with E-state index in [2.05, 4.69) is 25.1 Å². The van der Waals surface area contributed by atoms with Crippen molar-refractivity contribution in [2.45, 2.75) is 0 Å². The molecule has 0 aliphatic carbocycles. The third kappa shape index (κ3) is 2.15. The van der Waals surface area contributed by atoms with Gasteiger partial charge in [0, 0.05) is 18.6 Å². The second-order valence-electron chi connectivity index (χ2n) is 3.54. The highest BCUT2D eigenvalue weighted by Gasteiger charge is 2.14. The summed E-state index contributed by atoms with van der Waals surface area (Å²) in [6, 6.07) is 3.43. The zero-order valence-electron chi connectivity index (χ0n) is 9.40. The van der Waals surface area contributed by atoms with E-state index in [1.54, 1.807) is 24.5 Å². The number of aromatic nitrogens is 6. The Morgan fingerprint density at radius 3 is 2.89 bits per heavy atom. The van der Waals surface area contributed by atoms with Crippen LogP contribution in [-0.2, 0) is 0 Å². The van der Waals surface area contributed by atoms with Crippen LogP contribution in [0.25, 0.3) is 17.3 Å². The van der Waals surface area contributed by atoms with Gasteiger partial charge in [0.05, 0.1) is 6.20 Å². The molecule has 94 valence electrons. The van der Waals surface area contributed by atoms with Crippen LogP contribution in [0.1, 0.15) is 0 Å². The largest absolute Gasteiger partial charge is 0.280 e. The van der Waals surface area contributed by atoms with Crippen LogP contribution < -0.4 is 0 Å². The summed E-state index contributed by atoms with van der Waals surface area (Å²) in [5.74, 6) is -0.174. The highest BCUT2D eigenvalue weighted by Crippen LogP contribution is 2.20. The lowest BCUT2D eigenvalue weighted by atomic mass is 10.3. The average Bonchev–Trinajstić information content (AvgIpc) is 2.91. The molecule has 0 aliphatic heterocycles. The molecule has 0 spiro atoms. The Balaban J connectivity index is 2.18. The van der Waals surface area contributed by atoms with Gasteiger partial charge in [0.1, 0.15) is 5.69 Å². The Hall–Kier alpha value is -2.41. The maximum absolute atomic E-state index is 13.8. The highest BCUT2D eigenvalue weighted by atomic mass is 35.5. The molecule has 3 aromatic rings. The number of hydrogen-bond donors (Lipinski definition) is 0. The maximum atomic E-state index is 13.8. The number of rotatable bonds is 2. The van der Waals surface area contributed by atoms with Gasteiger partial charge in [-0.2, -0.15) is 10.1 Å². The molecule has 0 atom stereocenters. The molecular weight excluding hydrogens is 271 g/mol. The van der Waals surface area contributed by atoms with Crippen LogP contribution in [0.5, 0.6) is 0 Å². The first kappa shape index (κ1) is 11.7. The zero-order valence-corrected chi connectivity index (χ0v) is 10.2. The standard InChI is InChI=1S/C11H6ClFN6/c12-11-15-6-7(13)9(17-11)19-5-4-14-10(19)8-2-1-3-16-18-8/h1-6H. The van der Waals surface area contributed by atoms with Crippen molar-refractivity contribution in [3.63, 3.8) is 0 Å². The Morgan fingerprint density at radius 1 is 1.21 bits per heavy atom. The van der Waals surface area contributed by atoms with Gasteiger partial charge in [-0.25, -0.2) is 14.4 Å². The summed E-state index contributed by atoms with van der Waals surface area (Å²) in [7, 11) is 0. The molecule has 0 saturated heterocycles. The second kappa shape index (κ2) is 4.69. The van der Waals surface area contributed by atoms with Gasteiger partial charge in [0.15, 0.2) is 17.5 Å². The zero-order chi connectivity index (χ0) is 13.2. The molecule has 3 heterocycles. The predicted octanol–water partition coefficient (Wildman–Crippen LogP) is 1.91. The van der Waals surface area contributed by atoms with Crippen molar-refractivity contribution in [3.8, 4) is 17.3 Å². The monoisotopic (exact) mass is 276 g/mol. The number of halogens is 2. The number of nitrogens with zero attached hydrogens (tertiary/aromatic N) is 6. The van der Waals surface area contributed by atoms with Crippen LogP contribution in [0.15, 0.2) is 36.9 Å². The molecule has 0 amide bonds. The van der Waals surface area contributed by atoms with Crippen molar-refractivity contribution in [2.75, 3.05) is 0 Å². The van der Waals surface area contributed by atoms with E-state index in [0.717, 1.165) is 6.20 Å². The van der Waals surface area contributed by atoms with Crippen molar-refractivity contribution in [1.82, 2.24) is 29.7 Å². The minimum absolute atomic E-state index is 0.0122. The van der Waals surface area contributed by atoms with Crippen LogP contribution in [0.2, 0.25) is 5.28 Å². The lowest BCUT2D eigenvalue weighted by Crippen LogP contribution is -2.04. The summed E-state index contributed by atoms with van der Waals surface area (Å²) in [6.07, 6.45) is 5.62. The van der Waals surface area contributed by atoms with Gasteiger partial charge in [0.25, 0.3) is 0 Å². The molecule has 6 nitrogen and oxygen atoms in total. The summed E-state index contributed by atoms with van der Waals surface area (Å²) in [6.45, 7) is 0. The fraction of sp³-hybridized carbons (Fsp3) is 0. The first-order valence-corrected chi connectivity index (χ1v) is 5.63. The van der Waals surface area contributed by atoms with Crippen LogP contribution in [0.3, 0.4) is 0 Å². The predicted molar refractivity (Wildman–Crippen MR) is 65.1 cm³/mol. The maximum Gasteiger partial charge on any atom is 0.224 e. The molecule has 0 aromatic carbocycles. The van der Waals surface area contributed by atoms with Crippen molar-refractivity contribution in [2.24, 2.45) is 0 Å². The quantitative estimate of drug-likeness (QED) is 0.669. The normalized spacial score (nSPS) is 10.6. The van der Waals surface area contributed by atoms with E-state index in [1.165, 1.54) is 10.8 Å². The Labute approximate surface area is 112 Å². The van der Waals surface area contributed by atoms with Crippen LogP contribution in [0, 0.1) is 5.82 Å². The Bertz CT molecular complexity index is 714. The highest BCUT2D eigenvalue weighted by molar-refractivity contribution is 6.28. The molecule has 8 heteroatoms. The summed E-state index contributed by atoms with van der Waals surface area (Å²) >= 11 is 5.68. The third-order valence-corrected chi connectivity index (χ3v) is 2.55.